The van der Waals surface area contributed by atoms with Crippen LogP contribution in [-0.2, 0) is 0 Å². The molecule has 13 rings (SSSR count). The highest BCUT2D eigenvalue weighted by atomic mass is 16.3. The second kappa shape index (κ2) is 15.0. The van der Waals surface area contributed by atoms with Crippen molar-refractivity contribution in [2.75, 3.05) is 4.90 Å². The van der Waals surface area contributed by atoms with Crippen LogP contribution >= 0.6 is 0 Å². The van der Waals surface area contributed by atoms with Gasteiger partial charge in [0, 0.05) is 49.4 Å². The predicted molar refractivity (Wildman–Crippen MR) is 272 cm³/mol. The van der Waals surface area contributed by atoms with Crippen LogP contribution < -0.4 is 4.90 Å². The Kier molecular flexibility index (Phi) is 8.53. The summed E-state index contributed by atoms with van der Waals surface area (Å²) in [5, 5.41) is 9.29. The third-order valence-corrected chi connectivity index (χ3v) is 13.1. The Morgan fingerprint density at radius 2 is 0.738 bits per heavy atom. The molecule has 2 heterocycles. The van der Waals surface area contributed by atoms with Crippen LogP contribution in [0.25, 0.3) is 110 Å². The van der Waals surface area contributed by atoms with Crippen LogP contribution in [0.5, 0.6) is 0 Å². The highest BCUT2D eigenvalue weighted by molar-refractivity contribution is 6.22. The normalized spacial score (nSPS) is 11.7. The molecule has 0 N–H and O–H groups in total. The average molecular weight is 830 g/mol. The fourth-order valence-electron chi connectivity index (χ4n) is 10.0. The summed E-state index contributed by atoms with van der Waals surface area (Å²) in [5.41, 5.74) is 15.9. The summed E-state index contributed by atoms with van der Waals surface area (Å²) in [6.45, 7) is 0. The van der Waals surface area contributed by atoms with Gasteiger partial charge in [0.05, 0.1) is 5.69 Å². The molecule has 0 unspecified atom stereocenters. The van der Waals surface area contributed by atoms with Gasteiger partial charge in [-0.15, -0.1) is 0 Å². The number of para-hydroxylation sites is 3. The monoisotopic (exact) mass is 829 g/mol. The molecular weight excluding hydrogens is 791 g/mol. The van der Waals surface area contributed by atoms with Crippen LogP contribution in [0.2, 0.25) is 0 Å². The maximum Gasteiger partial charge on any atom is 0.143 e. The fourth-order valence-corrected chi connectivity index (χ4v) is 10.0. The van der Waals surface area contributed by atoms with E-state index in [1.165, 1.54) is 38.2 Å². The number of benzene rings is 11. The van der Waals surface area contributed by atoms with E-state index >= 15 is 0 Å². The first kappa shape index (κ1) is 36.9. The van der Waals surface area contributed by atoms with Gasteiger partial charge in [-0.2, -0.15) is 0 Å². The molecule has 13 aromatic rings. The first-order chi connectivity index (χ1) is 32.2. The van der Waals surface area contributed by atoms with Gasteiger partial charge in [0.25, 0.3) is 0 Å². The molecule has 0 radical (unpaired) electrons. The maximum absolute atomic E-state index is 6.52. The zero-order valence-corrected chi connectivity index (χ0v) is 35.3. The largest absolute Gasteiger partial charge is 0.456 e. The van der Waals surface area contributed by atoms with Gasteiger partial charge < -0.3 is 13.7 Å². The Hall–Kier alpha value is -8.66. The summed E-state index contributed by atoms with van der Waals surface area (Å²) >= 11 is 0. The zero-order valence-electron chi connectivity index (χ0n) is 35.3. The summed E-state index contributed by atoms with van der Waals surface area (Å²) in [5.74, 6) is 0. The molecule has 65 heavy (non-hydrogen) atoms. The van der Waals surface area contributed by atoms with Crippen molar-refractivity contribution < 1.29 is 8.83 Å². The molecule has 0 saturated heterocycles. The lowest BCUT2D eigenvalue weighted by Gasteiger charge is -2.31. The SMILES string of the molecule is c1ccc(-c2cccc(-c3c(N(c4ccc(-c5ccc6c(c5)oc5ccccc56)cc4)c4ccc(-c5cccc6c5oc5ccccc56)cc4)c4ccccc4c4ccccc34)c2)cc1. The first-order valence-electron chi connectivity index (χ1n) is 22.2. The minimum atomic E-state index is 0.887. The number of rotatable bonds is 7. The van der Waals surface area contributed by atoms with E-state index < -0.39 is 0 Å². The van der Waals surface area contributed by atoms with Crippen molar-refractivity contribution in [2.24, 2.45) is 0 Å². The standard InChI is InChI=1S/C62H39NO2/c1-2-14-40(15-3-1)43-16-12-17-45(38-43)60-54-22-6-4-18-49(54)50-19-5-7-23-55(50)61(60)63(46-33-28-41(29-34-46)44-32-37-53-51-20-8-10-26-57(51)64-59(53)39-44)47-35-30-42(31-36-47)48-24-13-25-56-52-21-9-11-27-58(52)65-62(48)56/h1-39H. The van der Waals surface area contributed by atoms with Crippen LogP contribution in [0.3, 0.4) is 0 Å². The topological polar surface area (TPSA) is 29.5 Å². The van der Waals surface area contributed by atoms with Crippen molar-refractivity contribution in [3.8, 4) is 44.5 Å². The Labute approximate surface area is 375 Å². The molecule has 2 aromatic heterocycles. The van der Waals surface area contributed by atoms with Crippen LogP contribution in [-0.4, -0.2) is 0 Å². The van der Waals surface area contributed by atoms with E-state index in [1.807, 2.05) is 24.3 Å². The predicted octanol–water partition coefficient (Wildman–Crippen LogP) is 17.9. The zero-order chi connectivity index (χ0) is 42.8. The summed E-state index contributed by atoms with van der Waals surface area (Å²) in [6.07, 6.45) is 0. The van der Waals surface area contributed by atoms with E-state index in [0.717, 1.165) is 88.8 Å². The van der Waals surface area contributed by atoms with E-state index in [1.54, 1.807) is 0 Å². The van der Waals surface area contributed by atoms with Crippen LogP contribution in [0, 0.1) is 0 Å². The number of hydrogen-bond acceptors (Lipinski definition) is 3. The van der Waals surface area contributed by atoms with E-state index in [0.29, 0.717) is 0 Å². The Bertz CT molecular complexity index is 3930. The molecule has 11 aromatic carbocycles. The lowest BCUT2D eigenvalue weighted by atomic mass is 9.88. The fraction of sp³-hybridized carbons (Fsp3) is 0. The second-order valence-corrected chi connectivity index (χ2v) is 16.8. The second-order valence-electron chi connectivity index (χ2n) is 16.8. The van der Waals surface area contributed by atoms with E-state index in [-0.39, 0.29) is 0 Å². The van der Waals surface area contributed by atoms with Crippen molar-refractivity contribution >= 4 is 82.5 Å². The van der Waals surface area contributed by atoms with Gasteiger partial charge >= 0.3 is 0 Å². The van der Waals surface area contributed by atoms with E-state index in [2.05, 4.69) is 217 Å². The molecule has 304 valence electrons. The molecule has 0 amide bonds. The van der Waals surface area contributed by atoms with Crippen LogP contribution in [0.15, 0.2) is 245 Å². The van der Waals surface area contributed by atoms with Crippen molar-refractivity contribution in [2.45, 2.75) is 0 Å². The van der Waals surface area contributed by atoms with E-state index in [4.69, 9.17) is 8.83 Å². The van der Waals surface area contributed by atoms with Crippen molar-refractivity contribution in [1.29, 1.82) is 0 Å². The third-order valence-electron chi connectivity index (χ3n) is 13.1. The molecule has 0 aliphatic heterocycles. The van der Waals surface area contributed by atoms with Crippen LogP contribution in [0.4, 0.5) is 17.1 Å². The molecule has 3 nitrogen and oxygen atoms in total. The minimum absolute atomic E-state index is 0.887. The lowest BCUT2D eigenvalue weighted by Crippen LogP contribution is -2.12. The Balaban J connectivity index is 1.03. The molecule has 0 spiro atoms. The molecule has 0 saturated carbocycles. The Morgan fingerprint density at radius 3 is 1.48 bits per heavy atom. The van der Waals surface area contributed by atoms with Gasteiger partial charge in [-0.3, -0.25) is 0 Å². The van der Waals surface area contributed by atoms with Gasteiger partial charge in [0.15, 0.2) is 0 Å². The van der Waals surface area contributed by atoms with Gasteiger partial charge in [0.2, 0.25) is 0 Å². The number of nitrogens with zero attached hydrogens (tertiary/aromatic N) is 1. The molecule has 3 heteroatoms. The number of fused-ring (bicyclic) bond motifs is 9. The maximum atomic E-state index is 6.52. The van der Waals surface area contributed by atoms with Crippen molar-refractivity contribution in [1.82, 2.24) is 0 Å². The van der Waals surface area contributed by atoms with Gasteiger partial charge in [-0.1, -0.05) is 182 Å². The highest BCUT2D eigenvalue weighted by Crippen LogP contribution is 2.50. The number of furan rings is 2. The lowest BCUT2D eigenvalue weighted by molar-refractivity contribution is 0.669. The quantitative estimate of drug-likeness (QED) is 0.150. The minimum Gasteiger partial charge on any atom is -0.456 e. The molecule has 0 aliphatic carbocycles. The smallest absolute Gasteiger partial charge is 0.143 e. The Morgan fingerprint density at radius 1 is 0.262 bits per heavy atom. The first-order valence-corrected chi connectivity index (χ1v) is 22.2. The number of anilines is 3. The molecular formula is C62H39NO2. The van der Waals surface area contributed by atoms with Gasteiger partial charge in [-0.05, 0) is 104 Å². The summed E-state index contributed by atoms with van der Waals surface area (Å²) in [7, 11) is 0. The third kappa shape index (κ3) is 6.12. The summed E-state index contributed by atoms with van der Waals surface area (Å²) in [6, 6.07) is 84.9. The highest BCUT2D eigenvalue weighted by Gasteiger charge is 2.24. The molecule has 0 atom stereocenters. The van der Waals surface area contributed by atoms with E-state index in [9.17, 15) is 0 Å². The molecule has 0 aliphatic rings. The molecule has 0 bridgehead atoms. The van der Waals surface area contributed by atoms with Crippen LogP contribution in [0.1, 0.15) is 0 Å². The molecule has 0 fully saturated rings. The van der Waals surface area contributed by atoms with Crippen molar-refractivity contribution in [3.05, 3.63) is 237 Å². The average Bonchev–Trinajstić information content (AvgIpc) is 3.96. The van der Waals surface area contributed by atoms with Gasteiger partial charge in [0.1, 0.15) is 22.3 Å². The van der Waals surface area contributed by atoms with Gasteiger partial charge in [-0.25, -0.2) is 0 Å². The van der Waals surface area contributed by atoms with Crippen molar-refractivity contribution in [3.63, 3.8) is 0 Å². The summed E-state index contributed by atoms with van der Waals surface area (Å²) < 4.78 is 12.8. The number of hydrogen-bond donors (Lipinski definition) is 0. The summed E-state index contributed by atoms with van der Waals surface area (Å²) in [4.78, 5) is 2.46.